The van der Waals surface area contributed by atoms with Gasteiger partial charge in [0.15, 0.2) is 0 Å². The first kappa shape index (κ1) is 10.7. The number of hydrogen-bond acceptors (Lipinski definition) is 3. The van der Waals surface area contributed by atoms with Crippen molar-refractivity contribution in [1.82, 2.24) is 9.97 Å². The number of hydrogen-bond donors (Lipinski definition) is 1. The Hall–Kier alpha value is -0.830. The van der Waals surface area contributed by atoms with Crippen molar-refractivity contribution in [2.24, 2.45) is 5.92 Å². The zero-order valence-electron chi connectivity index (χ0n) is 9.13. The van der Waals surface area contributed by atoms with Gasteiger partial charge in [-0.2, -0.15) is 0 Å². The third kappa shape index (κ3) is 2.40. The molecule has 0 atom stereocenters. The van der Waals surface area contributed by atoms with E-state index in [0.29, 0.717) is 5.15 Å². The summed E-state index contributed by atoms with van der Waals surface area (Å²) in [7, 11) is 0. The summed E-state index contributed by atoms with van der Waals surface area (Å²) in [6, 6.07) is 0. The van der Waals surface area contributed by atoms with Gasteiger partial charge in [-0.25, -0.2) is 4.98 Å². The molecule has 0 aliphatic heterocycles. The van der Waals surface area contributed by atoms with Crippen molar-refractivity contribution < 1.29 is 0 Å². The molecule has 0 aromatic carbocycles. The van der Waals surface area contributed by atoms with Crippen LogP contribution in [0.1, 0.15) is 33.1 Å². The fourth-order valence-electron chi connectivity index (χ4n) is 1.96. The molecule has 82 valence electrons. The molecule has 1 aliphatic rings. The van der Waals surface area contributed by atoms with Crippen LogP contribution in [-0.2, 0) is 0 Å². The van der Waals surface area contributed by atoms with Crippen LogP contribution >= 0.6 is 11.6 Å². The van der Waals surface area contributed by atoms with Gasteiger partial charge >= 0.3 is 0 Å². The lowest BCUT2D eigenvalue weighted by atomic mass is 9.72. The van der Waals surface area contributed by atoms with E-state index in [2.05, 4.69) is 29.1 Å². The first-order chi connectivity index (χ1) is 7.08. The molecule has 3 nitrogen and oxygen atoms in total. The summed E-state index contributed by atoms with van der Waals surface area (Å²) in [6.07, 6.45) is 7.20. The fraction of sp³-hybridized carbons (Fsp3) is 0.636. The van der Waals surface area contributed by atoms with E-state index >= 15 is 0 Å². The molecule has 0 bridgehead atoms. The number of aromatic nitrogens is 2. The summed E-state index contributed by atoms with van der Waals surface area (Å²) in [4.78, 5) is 8.21. The van der Waals surface area contributed by atoms with Gasteiger partial charge in [0.2, 0.25) is 0 Å². The van der Waals surface area contributed by atoms with E-state index in [1.807, 2.05) is 0 Å². The quantitative estimate of drug-likeness (QED) is 0.859. The van der Waals surface area contributed by atoms with Crippen LogP contribution in [0.4, 0.5) is 5.82 Å². The van der Waals surface area contributed by atoms with E-state index in [4.69, 9.17) is 11.6 Å². The lowest BCUT2D eigenvalue weighted by Gasteiger charge is -2.41. The summed E-state index contributed by atoms with van der Waals surface area (Å²) < 4.78 is 0. The highest BCUT2D eigenvalue weighted by atomic mass is 35.5. The minimum absolute atomic E-state index is 0.0810. The Morgan fingerprint density at radius 1 is 1.40 bits per heavy atom. The number of rotatable bonds is 3. The van der Waals surface area contributed by atoms with Gasteiger partial charge in [0.05, 0.1) is 12.4 Å². The molecule has 1 fully saturated rings. The van der Waals surface area contributed by atoms with Gasteiger partial charge in [-0.15, -0.1) is 0 Å². The maximum Gasteiger partial charge on any atom is 0.149 e. The normalized spacial score (nSPS) is 17.3. The molecule has 1 N–H and O–H groups in total. The summed E-state index contributed by atoms with van der Waals surface area (Å²) in [5, 5.41) is 3.84. The molecule has 0 spiro atoms. The zero-order valence-corrected chi connectivity index (χ0v) is 9.88. The molecule has 1 heterocycles. The molecule has 0 radical (unpaired) electrons. The van der Waals surface area contributed by atoms with Crippen LogP contribution in [0.25, 0.3) is 0 Å². The van der Waals surface area contributed by atoms with Crippen LogP contribution in [-0.4, -0.2) is 15.5 Å². The van der Waals surface area contributed by atoms with E-state index in [9.17, 15) is 0 Å². The van der Waals surface area contributed by atoms with Crippen molar-refractivity contribution in [3.05, 3.63) is 17.5 Å². The van der Waals surface area contributed by atoms with Gasteiger partial charge in [-0.3, -0.25) is 4.98 Å². The minimum Gasteiger partial charge on any atom is -0.364 e. The Balaban J connectivity index is 2.06. The van der Waals surface area contributed by atoms with Gasteiger partial charge in [-0.05, 0) is 32.6 Å². The monoisotopic (exact) mass is 225 g/mol. The zero-order chi connectivity index (χ0) is 10.9. The highest BCUT2D eigenvalue weighted by Gasteiger charge is 2.33. The van der Waals surface area contributed by atoms with Crippen LogP contribution in [0.3, 0.4) is 0 Å². The minimum atomic E-state index is 0.0810. The van der Waals surface area contributed by atoms with Gasteiger partial charge in [0.1, 0.15) is 11.0 Å². The SMILES string of the molecule is CC(C)(Nc1cncc(Cl)n1)C1CCC1. The molecule has 15 heavy (non-hydrogen) atoms. The molecule has 2 rings (SSSR count). The molecule has 0 saturated heterocycles. The standard InChI is InChI=1S/C11H16ClN3/c1-11(2,8-4-3-5-8)15-10-7-13-6-9(12)14-10/h6-8H,3-5H2,1-2H3,(H,14,15). The van der Waals surface area contributed by atoms with E-state index in [1.165, 1.54) is 19.3 Å². The number of halogens is 1. The second kappa shape index (κ2) is 3.97. The van der Waals surface area contributed by atoms with Gasteiger partial charge in [0.25, 0.3) is 0 Å². The van der Waals surface area contributed by atoms with Gasteiger partial charge < -0.3 is 5.32 Å². The Labute approximate surface area is 95.3 Å². The molecule has 1 aliphatic carbocycles. The topological polar surface area (TPSA) is 37.8 Å². The molecular weight excluding hydrogens is 210 g/mol. The van der Waals surface area contributed by atoms with E-state index in [1.54, 1.807) is 12.4 Å². The van der Waals surface area contributed by atoms with E-state index in [-0.39, 0.29) is 5.54 Å². The van der Waals surface area contributed by atoms with Crippen LogP contribution in [0, 0.1) is 5.92 Å². The predicted octanol–water partition coefficient (Wildman–Crippen LogP) is 3.12. The van der Waals surface area contributed by atoms with Crippen molar-refractivity contribution in [3.8, 4) is 0 Å². The number of nitrogens with one attached hydrogen (secondary N) is 1. The van der Waals surface area contributed by atoms with Gasteiger partial charge in [0, 0.05) is 5.54 Å². The highest BCUT2D eigenvalue weighted by molar-refractivity contribution is 6.29. The average molecular weight is 226 g/mol. The molecule has 1 aromatic rings. The highest BCUT2D eigenvalue weighted by Crippen LogP contribution is 2.37. The predicted molar refractivity (Wildman–Crippen MR) is 62.1 cm³/mol. The summed E-state index contributed by atoms with van der Waals surface area (Å²) >= 11 is 5.79. The van der Waals surface area contributed by atoms with Crippen molar-refractivity contribution in [2.45, 2.75) is 38.6 Å². The summed E-state index contributed by atoms with van der Waals surface area (Å²) in [6.45, 7) is 4.42. The Bertz CT molecular complexity index is 347. The molecule has 1 saturated carbocycles. The van der Waals surface area contributed by atoms with Crippen LogP contribution in [0.2, 0.25) is 5.15 Å². The van der Waals surface area contributed by atoms with Crippen molar-refractivity contribution in [2.75, 3.05) is 5.32 Å². The van der Waals surface area contributed by atoms with E-state index in [0.717, 1.165) is 11.7 Å². The number of nitrogens with zero attached hydrogens (tertiary/aromatic N) is 2. The molecule has 4 heteroatoms. The van der Waals surface area contributed by atoms with Crippen LogP contribution < -0.4 is 5.32 Å². The third-order valence-electron chi connectivity index (χ3n) is 3.18. The smallest absolute Gasteiger partial charge is 0.149 e. The number of anilines is 1. The Morgan fingerprint density at radius 2 is 2.13 bits per heavy atom. The third-order valence-corrected chi connectivity index (χ3v) is 3.36. The first-order valence-electron chi connectivity index (χ1n) is 5.34. The van der Waals surface area contributed by atoms with Crippen LogP contribution in [0.5, 0.6) is 0 Å². The Kier molecular flexibility index (Phi) is 2.83. The molecule has 1 aromatic heterocycles. The fourth-order valence-corrected chi connectivity index (χ4v) is 2.11. The van der Waals surface area contributed by atoms with Crippen molar-refractivity contribution in [1.29, 1.82) is 0 Å². The van der Waals surface area contributed by atoms with Gasteiger partial charge in [-0.1, -0.05) is 18.0 Å². The van der Waals surface area contributed by atoms with Crippen molar-refractivity contribution in [3.63, 3.8) is 0 Å². The summed E-state index contributed by atoms with van der Waals surface area (Å²) in [5.74, 6) is 1.50. The lowest BCUT2D eigenvalue weighted by molar-refractivity contribution is 0.215. The Morgan fingerprint density at radius 3 is 2.67 bits per heavy atom. The second-order valence-electron chi connectivity index (χ2n) is 4.70. The van der Waals surface area contributed by atoms with Crippen LogP contribution in [0.15, 0.2) is 12.4 Å². The second-order valence-corrected chi connectivity index (χ2v) is 5.09. The molecule has 0 amide bonds. The molecular formula is C11H16ClN3. The summed E-state index contributed by atoms with van der Waals surface area (Å²) in [5.41, 5.74) is 0.0810. The van der Waals surface area contributed by atoms with E-state index < -0.39 is 0 Å². The first-order valence-corrected chi connectivity index (χ1v) is 5.71. The maximum atomic E-state index is 5.79. The maximum absolute atomic E-state index is 5.79. The average Bonchev–Trinajstić information content (AvgIpc) is 1.97. The largest absolute Gasteiger partial charge is 0.364 e. The lowest BCUT2D eigenvalue weighted by Crippen LogP contribution is -2.43. The van der Waals surface area contributed by atoms with Crippen molar-refractivity contribution >= 4 is 17.4 Å². The molecule has 0 unspecified atom stereocenters.